The minimum atomic E-state index is -3.03. The number of hydrogen-bond donors (Lipinski definition) is 0. The quantitative estimate of drug-likeness (QED) is 0.644. The van der Waals surface area contributed by atoms with Crippen molar-refractivity contribution < 1.29 is 23.0 Å². The van der Waals surface area contributed by atoms with Crippen LogP contribution in [0.5, 0.6) is 11.5 Å². The standard InChI is InChI=1S/C18H17Cl2F2NO3/c1-10(13-6-5-12(19)9-14(13)20)23(2)17(24)11-4-7-15(25-3)16(8-11)26-18(21)22/h4-10,18H,1-3H3. The molecule has 26 heavy (non-hydrogen) atoms. The third-order valence-electron chi connectivity index (χ3n) is 3.94. The van der Waals surface area contributed by atoms with Crippen LogP contribution in [0.15, 0.2) is 36.4 Å². The number of benzene rings is 2. The average molecular weight is 404 g/mol. The van der Waals surface area contributed by atoms with E-state index in [1.165, 1.54) is 30.2 Å². The zero-order valence-electron chi connectivity index (χ0n) is 14.3. The Bertz CT molecular complexity index is 802. The zero-order valence-corrected chi connectivity index (χ0v) is 15.8. The minimum Gasteiger partial charge on any atom is -0.493 e. The molecule has 2 aromatic rings. The highest BCUT2D eigenvalue weighted by Crippen LogP contribution is 2.32. The van der Waals surface area contributed by atoms with Gasteiger partial charge in [-0.05, 0) is 42.8 Å². The van der Waals surface area contributed by atoms with Crippen LogP contribution in [0.4, 0.5) is 8.78 Å². The lowest BCUT2D eigenvalue weighted by Crippen LogP contribution is -2.29. The van der Waals surface area contributed by atoms with Crippen LogP contribution in [0.25, 0.3) is 0 Å². The fourth-order valence-corrected chi connectivity index (χ4v) is 2.99. The van der Waals surface area contributed by atoms with E-state index < -0.39 is 6.61 Å². The molecule has 0 radical (unpaired) electrons. The summed E-state index contributed by atoms with van der Waals surface area (Å²) in [5.41, 5.74) is 0.894. The molecule has 1 amide bonds. The molecule has 0 aliphatic rings. The van der Waals surface area contributed by atoms with Crippen molar-refractivity contribution in [1.29, 1.82) is 0 Å². The maximum Gasteiger partial charge on any atom is 0.387 e. The van der Waals surface area contributed by atoms with Crippen molar-refractivity contribution in [1.82, 2.24) is 4.90 Å². The molecule has 1 unspecified atom stereocenters. The number of methoxy groups -OCH3 is 1. The number of nitrogens with zero attached hydrogens (tertiary/aromatic N) is 1. The molecule has 0 spiro atoms. The van der Waals surface area contributed by atoms with E-state index in [-0.39, 0.29) is 29.0 Å². The van der Waals surface area contributed by atoms with Crippen molar-refractivity contribution in [3.05, 3.63) is 57.6 Å². The van der Waals surface area contributed by atoms with Gasteiger partial charge in [-0.25, -0.2) is 0 Å². The maximum atomic E-state index is 12.7. The lowest BCUT2D eigenvalue weighted by Gasteiger charge is -2.26. The topological polar surface area (TPSA) is 38.8 Å². The summed E-state index contributed by atoms with van der Waals surface area (Å²) in [6.45, 7) is -1.23. The Hall–Kier alpha value is -2.05. The van der Waals surface area contributed by atoms with E-state index in [0.29, 0.717) is 15.6 Å². The van der Waals surface area contributed by atoms with Gasteiger partial charge < -0.3 is 14.4 Å². The van der Waals surface area contributed by atoms with E-state index in [2.05, 4.69) is 4.74 Å². The fraction of sp³-hybridized carbons (Fsp3) is 0.278. The maximum absolute atomic E-state index is 12.7. The predicted molar refractivity (Wildman–Crippen MR) is 96.6 cm³/mol. The van der Waals surface area contributed by atoms with E-state index in [0.717, 1.165) is 0 Å². The van der Waals surface area contributed by atoms with Crippen molar-refractivity contribution in [3.63, 3.8) is 0 Å². The molecule has 0 N–H and O–H groups in total. The summed E-state index contributed by atoms with van der Waals surface area (Å²) >= 11 is 12.1. The van der Waals surface area contributed by atoms with E-state index in [1.54, 1.807) is 32.2 Å². The van der Waals surface area contributed by atoms with Gasteiger partial charge in [0.25, 0.3) is 5.91 Å². The molecule has 0 aromatic heterocycles. The second kappa shape index (κ2) is 8.56. The first-order valence-corrected chi connectivity index (χ1v) is 8.35. The Morgan fingerprint density at radius 1 is 1.12 bits per heavy atom. The molecule has 0 saturated heterocycles. The van der Waals surface area contributed by atoms with Crippen LogP contribution in [0, 0.1) is 0 Å². The third kappa shape index (κ3) is 4.56. The van der Waals surface area contributed by atoms with E-state index >= 15 is 0 Å². The van der Waals surface area contributed by atoms with Crippen molar-refractivity contribution in [2.75, 3.05) is 14.2 Å². The van der Waals surface area contributed by atoms with Gasteiger partial charge in [-0.3, -0.25) is 4.79 Å². The molecule has 0 heterocycles. The van der Waals surface area contributed by atoms with Gasteiger partial charge in [-0.15, -0.1) is 0 Å². The zero-order chi connectivity index (χ0) is 19.4. The molecule has 8 heteroatoms. The van der Waals surface area contributed by atoms with Crippen LogP contribution in [-0.2, 0) is 0 Å². The molecule has 140 valence electrons. The SMILES string of the molecule is COc1ccc(C(=O)N(C)C(C)c2ccc(Cl)cc2Cl)cc1OC(F)F. The molecule has 0 fully saturated rings. The first-order valence-electron chi connectivity index (χ1n) is 7.59. The second-order valence-electron chi connectivity index (χ2n) is 5.50. The van der Waals surface area contributed by atoms with Crippen molar-refractivity contribution >= 4 is 29.1 Å². The van der Waals surface area contributed by atoms with Crippen LogP contribution in [-0.4, -0.2) is 31.6 Å². The molecule has 1 atom stereocenters. The van der Waals surface area contributed by atoms with Crippen LogP contribution >= 0.6 is 23.2 Å². The van der Waals surface area contributed by atoms with Gasteiger partial charge >= 0.3 is 6.61 Å². The van der Waals surface area contributed by atoms with E-state index in [9.17, 15) is 13.6 Å². The van der Waals surface area contributed by atoms with Gasteiger partial charge in [0, 0.05) is 22.7 Å². The predicted octanol–water partition coefficient (Wildman–Crippen LogP) is 5.44. The largest absolute Gasteiger partial charge is 0.493 e. The summed E-state index contributed by atoms with van der Waals surface area (Å²) in [4.78, 5) is 14.2. The Balaban J connectivity index is 2.29. The smallest absolute Gasteiger partial charge is 0.387 e. The summed E-state index contributed by atoms with van der Waals surface area (Å²) in [6, 6.07) is 8.74. The normalized spacial score (nSPS) is 12.0. The Labute approximate surface area is 160 Å². The van der Waals surface area contributed by atoms with Gasteiger partial charge in [0.1, 0.15) is 0 Å². The summed E-state index contributed by atoms with van der Waals surface area (Å²) in [6.07, 6.45) is 0. The number of rotatable bonds is 6. The summed E-state index contributed by atoms with van der Waals surface area (Å²) in [5.74, 6) is -0.484. The van der Waals surface area contributed by atoms with Gasteiger partial charge in [0.15, 0.2) is 11.5 Å². The number of ether oxygens (including phenoxy) is 2. The molecule has 0 aliphatic heterocycles. The molecule has 2 aromatic carbocycles. The highest BCUT2D eigenvalue weighted by atomic mass is 35.5. The average Bonchev–Trinajstić information content (AvgIpc) is 2.59. The first-order chi connectivity index (χ1) is 12.2. The molecule has 2 rings (SSSR count). The summed E-state index contributed by atoms with van der Waals surface area (Å²) in [5, 5.41) is 0.921. The Kier molecular flexibility index (Phi) is 6.67. The van der Waals surface area contributed by atoms with Crippen LogP contribution in [0.2, 0.25) is 10.0 Å². The molecule has 0 saturated carbocycles. The van der Waals surface area contributed by atoms with Crippen molar-refractivity contribution in [3.8, 4) is 11.5 Å². The van der Waals surface area contributed by atoms with Gasteiger partial charge in [0.05, 0.1) is 13.2 Å². The molecular weight excluding hydrogens is 387 g/mol. The van der Waals surface area contributed by atoms with Crippen LogP contribution in [0.3, 0.4) is 0 Å². The van der Waals surface area contributed by atoms with E-state index in [4.69, 9.17) is 27.9 Å². The summed E-state index contributed by atoms with van der Waals surface area (Å²) < 4.78 is 34.5. The van der Waals surface area contributed by atoms with Crippen molar-refractivity contribution in [2.24, 2.45) is 0 Å². The highest BCUT2D eigenvalue weighted by Gasteiger charge is 2.22. The number of alkyl halides is 2. The number of amides is 1. The third-order valence-corrected chi connectivity index (χ3v) is 4.50. The monoisotopic (exact) mass is 403 g/mol. The second-order valence-corrected chi connectivity index (χ2v) is 6.35. The summed E-state index contributed by atoms with van der Waals surface area (Å²) in [7, 11) is 2.92. The van der Waals surface area contributed by atoms with Crippen LogP contribution < -0.4 is 9.47 Å². The van der Waals surface area contributed by atoms with Gasteiger partial charge in [-0.2, -0.15) is 8.78 Å². The number of hydrogen-bond acceptors (Lipinski definition) is 3. The molecule has 4 nitrogen and oxygen atoms in total. The van der Waals surface area contributed by atoms with E-state index in [1.807, 2.05) is 0 Å². The Morgan fingerprint density at radius 3 is 2.38 bits per heavy atom. The van der Waals surface area contributed by atoms with Gasteiger partial charge in [0.2, 0.25) is 0 Å². The number of carbonyl (C=O) groups excluding carboxylic acids is 1. The minimum absolute atomic E-state index is 0.110. The first kappa shape index (κ1) is 20.3. The van der Waals surface area contributed by atoms with Crippen molar-refractivity contribution in [2.45, 2.75) is 19.6 Å². The number of halogens is 4. The molecule has 0 aliphatic carbocycles. The van der Waals surface area contributed by atoms with Gasteiger partial charge in [-0.1, -0.05) is 29.3 Å². The lowest BCUT2D eigenvalue weighted by atomic mass is 10.1. The fourth-order valence-electron chi connectivity index (χ4n) is 2.43. The number of carbonyl (C=O) groups is 1. The van der Waals surface area contributed by atoms with Crippen LogP contribution in [0.1, 0.15) is 28.9 Å². The highest BCUT2D eigenvalue weighted by molar-refractivity contribution is 6.35. The molecular formula is C18H17Cl2F2NO3. The lowest BCUT2D eigenvalue weighted by molar-refractivity contribution is -0.0512. The Morgan fingerprint density at radius 2 is 1.81 bits per heavy atom. The molecule has 0 bridgehead atoms.